The van der Waals surface area contributed by atoms with Crippen molar-refractivity contribution in [3.63, 3.8) is 0 Å². The molecule has 1 saturated heterocycles. The monoisotopic (exact) mass is 357 g/mol. The van der Waals surface area contributed by atoms with Gasteiger partial charge < -0.3 is 9.42 Å². The zero-order valence-corrected chi connectivity index (χ0v) is 13.8. The SMILES string of the molecule is O=C1C[C@@H](c2noc(-c3ccccc3Cl)n2)CN1c1ccc(F)cc1. The number of aromatic nitrogens is 2. The van der Waals surface area contributed by atoms with Crippen LogP contribution >= 0.6 is 11.6 Å². The smallest absolute Gasteiger partial charge is 0.259 e. The van der Waals surface area contributed by atoms with Crippen LogP contribution in [0.2, 0.25) is 5.02 Å². The third-order valence-electron chi connectivity index (χ3n) is 4.17. The number of anilines is 1. The Morgan fingerprint density at radius 1 is 1.16 bits per heavy atom. The maximum atomic E-state index is 13.1. The predicted octanol–water partition coefficient (Wildman–Crippen LogP) is 4.05. The molecule has 4 rings (SSSR count). The topological polar surface area (TPSA) is 59.2 Å². The highest BCUT2D eigenvalue weighted by Crippen LogP contribution is 2.32. The second-order valence-electron chi connectivity index (χ2n) is 5.82. The Bertz CT molecular complexity index is 926. The van der Waals surface area contributed by atoms with Gasteiger partial charge in [0.05, 0.1) is 10.6 Å². The summed E-state index contributed by atoms with van der Waals surface area (Å²) in [7, 11) is 0. The molecular formula is C18H13ClFN3O2. The summed E-state index contributed by atoms with van der Waals surface area (Å²) in [4.78, 5) is 18.3. The minimum Gasteiger partial charge on any atom is -0.334 e. The normalized spacial score (nSPS) is 17.3. The van der Waals surface area contributed by atoms with E-state index in [1.807, 2.05) is 12.1 Å². The van der Waals surface area contributed by atoms with Gasteiger partial charge in [-0.2, -0.15) is 4.98 Å². The Kier molecular flexibility index (Phi) is 3.97. The highest BCUT2D eigenvalue weighted by molar-refractivity contribution is 6.33. The van der Waals surface area contributed by atoms with Crippen LogP contribution in [0.15, 0.2) is 53.1 Å². The Morgan fingerprint density at radius 2 is 1.92 bits per heavy atom. The van der Waals surface area contributed by atoms with Crippen LogP contribution in [-0.2, 0) is 4.79 Å². The lowest BCUT2D eigenvalue weighted by Crippen LogP contribution is -2.24. The zero-order chi connectivity index (χ0) is 17.4. The van der Waals surface area contributed by atoms with Crippen LogP contribution in [0.1, 0.15) is 18.2 Å². The molecule has 2 heterocycles. The fourth-order valence-electron chi connectivity index (χ4n) is 2.90. The predicted molar refractivity (Wildman–Crippen MR) is 90.9 cm³/mol. The summed E-state index contributed by atoms with van der Waals surface area (Å²) in [6, 6.07) is 13.0. The van der Waals surface area contributed by atoms with Gasteiger partial charge in [-0.05, 0) is 36.4 Å². The molecule has 126 valence electrons. The number of hydrogen-bond acceptors (Lipinski definition) is 4. The lowest BCUT2D eigenvalue weighted by atomic mass is 10.1. The molecular weight excluding hydrogens is 345 g/mol. The van der Waals surface area contributed by atoms with E-state index in [0.717, 1.165) is 0 Å². The Hall–Kier alpha value is -2.73. The van der Waals surface area contributed by atoms with Crippen LogP contribution in [0.5, 0.6) is 0 Å². The van der Waals surface area contributed by atoms with E-state index in [2.05, 4.69) is 10.1 Å². The molecule has 0 radical (unpaired) electrons. The molecule has 0 bridgehead atoms. The maximum absolute atomic E-state index is 13.1. The first-order valence-corrected chi connectivity index (χ1v) is 8.14. The Balaban J connectivity index is 1.57. The van der Waals surface area contributed by atoms with Gasteiger partial charge in [0.25, 0.3) is 5.89 Å². The molecule has 1 aromatic heterocycles. The van der Waals surface area contributed by atoms with Crippen LogP contribution in [-0.4, -0.2) is 22.6 Å². The highest BCUT2D eigenvalue weighted by Gasteiger charge is 2.34. The summed E-state index contributed by atoms with van der Waals surface area (Å²) in [5, 5.41) is 4.53. The van der Waals surface area contributed by atoms with Gasteiger partial charge in [-0.25, -0.2) is 4.39 Å². The van der Waals surface area contributed by atoms with E-state index in [9.17, 15) is 9.18 Å². The first kappa shape index (κ1) is 15.8. The molecule has 25 heavy (non-hydrogen) atoms. The van der Waals surface area contributed by atoms with Gasteiger partial charge in [0.2, 0.25) is 5.91 Å². The summed E-state index contributed by atoms with van der Waals surface area (Å²) < 4.78 is 18.4. The van der Waals surface area contributed by atoms with Crippen LogP contribution in [0.25, 0.3) is 11.5 Å². The Labute approximate surface area is 148 Å². The second kappa shape index (κ2) is 6.29. The molecule has 3 aromatic rings. The van der Waals surface area contributed by atoms with Crippen molar-refractivity contribution in [3.05, 3.63) is 65.2 Å². The van der Waals surface area contributed by atoms with Crippen LogP contribution in [0.3, 0.4) is 0 Å². The molecule has 1 aliphatic heterocycles. The molecule has 5 nitrogen and oxygen atoms in total. The molecule has 0 unspecified atom stereocenters. The number of rotatable bonds is 3. The summed E-state index contributed by atoms with van der Waals surface area (Å²) in [5.41, 5.74) is 1.31. The van der Waals surface area contributed by atoms with Gasteiger partial charge >= 0.3 is 0 Å². The van der Waals surface area contributed by atoms with Crippen LogP contribution < -0.4 is 4.90 Å². The van der Waals surface area contributed by atoms with E-state index in [0.29, 0.717) is 34.5 Å². The minimum absolute atomic E-state index is 0.0549. The van der Waals surface area contributed by atoms with E-state index >= 15 is 0 Å². The number of amides is 1. The van der Waals surface area contributed by atoms with Crippen molar-refractivity contribution >= 4 is 23.2 Å². The van der Waals surface area contributed by atoms with Crippen LogP contribution in [0, 0.1) is 5.82 Å². The van der Waals surface area contributed by atoms with Crippen molar-refractivity contribution < 1.29 is 13.7 Å². The van der Waals surface area contributed by atoms with Crippen molar-refractivity contribution in [1.82, 2.24) is 10.1 Å². The molecule has 0 N–H and O–H groups in total. The van der Waals surface area contributed by atoms with Crippen molar-refractivity contribution in [2.75, 3.05) is 11.4 Å². The van der Waals surface area contributed by atoms with Gasteiger partial charge in [0.1, 0.15) is 5.82 Å². The van der Waals surface area contributed by atoms with Gasteiger partial charge in [-0.15, -0.1) is 0 Å². The number of hydrogen-bond donors (Lipinski definition) is 0. The lowest BCUT2D eigenvalue weighted by molar-refractivity contribution is -0.117. The first-order valence-electron chi connectivity index (χ1n) is 7.76. The fraction of sp³-hybridized carbons (Fsp3) is 0.167. The van der Waals surface area contributed by atoms with E-state index in [4.69, 9.17) is 16.1 Å². The standard InChI is InChI=1S/C18H13ClFN3O2/c19-15-4-2-1-3-14(15)18-21-17(22-25-18)11-9-16(24)23(10-11)13-7-5-12(20)6-8-13/h1-8,11H,9-10H2/t11-/m1/s1. The second-order valence-corrected chi connectivity index (χ2v) is 6.23. The minimum atomic E-state index is -0.338. The average molecular weight is 358 g/mol. The number of carbonyl (C=O) groups is 1. The largest absolute Gasteiger partial charge is 0.334 e. The van der Waals surface area contributed by atoms with E-state index in [1.54, 1.807) is 29.2 Å². The molecule has 1 fully saturated rings. The number of halogens is 2. The van der Waals surface area contributed by atoms with Gasteiger partial charge in [0, 0.05) is 24.6 Å². The quantitative estimate of drug-likeness (QED) is 0.709. The average Bonchev–Trinajstić information content (AvgIpc) is 3.23. The molecule has 1 atom stereocenters. The third kappa shape index (κ3) is 3.00. The van der Waals surface area contributed by atoms with E-state index in [1.165, 1.54) is 12.1 Å². The molecule has 0 spiro atoms. The summed E-state index contributed by atoms with van der Waals surface area (Å²) in [5.74, 6) is 0.217. The van der Waals surface area contributed by atoms with E-state index < -0.39 is 0 Å². The zero-order valence-electron chi connectivity index (χ0n) is 13.0. The van der Waals surface area contributed by atoms with Crippen molar-refractivity contribution in [3.8, 4) is 11.5 Å². The van der Waals surface area contributed by atoms with Gasteiger partial charge in [-0.3, -0.25) is 4.79 Å². The van der Waals surface area contributed by atoms with Crippen molar-refractivity contribution in [1.29, 1.82) is 0 Å². The van der Waals surface area contributed by atoms with Crippen molar-refractivity contribution in [2.24, 2.45) is 0 Å². The molecule has 2 aromatic carbocycles. The van der Waals surface area contributed by atoms with E-state index in [-0.39, 0.29) is 24.1 Å². The molecule has 0 aliphatic carbocycles. The molecule has 0 saturated carbocycles. The molecule has 7 heteroatoms. The third-order valence-corrected chi connectivity index (χ3v) is 4.50. The molecule has 1 aliphatic rings. The maximum Gasteiger partial charge on any atom is 0.259 e. The number of nitrogens with zero attached hydrogens (tertiary/aromatic N) is 3. The highest BCUT2D eigenvalue weighted by atomic mass is 35.5. The Morgan fingerprint density at radius 3 is 2.68 bits per heavy atom. The summed E-state index contributed by atoms with van der Waals surface area (Å²) >= 11 is 6.15. The number of carbonyl (C=O) groups excluding carboxylic acids is 1. The van der Waals surface area contributed by atoms with Gasteiger partial charge in [-0.1, -0.05) is 28.9 Å². The van der Waals surface area contributed by atoms with Crippen LogP contribution in [0.4, 0.5) is 10.1 Å². The summed E-state index contributed by atoms with van der Waals surface area (Å²) in [6.45, 7) is 0.423. The van der Waals surface area contributed by atoms with Gasteiger partial charge in [0.15, 0.2) is 5.82 Å². The molecule has 1 amide bonds. The fourth-order valence-corrected chi connectivity index (χ4v) is 3.11. The first-order chi connectivity index (χ1) is 12.1. The number of benzene rings is 2. The lowest BCUT2D eigenvalue weighted by Gasteiger charge is -2.15. The summed E-state index contributed by atoms with van der Waals surface area (Å²) in [6.07, 6.45) is 0.277. The van der Waals surface area contributed by atoms with Crippen molar-refractivity contribution in [2.45, 2.75) is 12.3 Å².